The molecule has 0 spiro atoms. The Labute approximate surface area is 198 Å². The number of aromatic nitrogens is 3. The van der Waals surface area contributed by atoms with Crippen molar-refractivity contribution in [3.05, 3.63) is 46.3 Å². The van der Waals surface area contributed by atoms with Gasteiger partial charge in [0, 0.05) is 18.4 Å². The van der Waals surface area contributed by atoms with Gasteiger partial charge in [0.1, 0.15) is 17.0 Å². The summed E-state index contributed by atoms with van der Waals surface area (Å²) in [6, 6.07) is 3.78. The largest absolute Gasteiger partial charge is 0.481 e. The molecule has 1 aliphatic rings. The molecule has 3 N–H and O–H groups in total. The topological polar surface area (TPSA) is 117 Å². The zero-order valence-corrected chi connectivity index (χ0v) is 19.8. The van der Waals surface area contributed by atoms with Gasteiger partial charge in [-0.1, -0.05) is 12.0 Å². The summed E-state index contributed by atoms with van der Waals surface area (Å²) < 4.78 is 1.58. The van der Waals surface area contributed by atoms with Crippen molar-refractivity contribution in [1.29, 1.82) is 0 Å². The maximum atomic E-state index is 13.2. The normalized spacial score (nSPS) is 18.3. The van der Waals surface area contributed by atoms with E-state index < -0.39 is 11.6 Å². The zero-order valence-electron chi connectivity index (χ0n) is 19.1. The number of amides is 1. The molecule has 0 atom stereocenters. The quantitative estimate of drug-likeness (QED) is 0.556. The lowest BCUT2D eigenvalue weighted by atomic mass is 9.82. The third-order valence-corrected chi connectivity index (χ3v) is 5.97. The van der Waals surface area contributed by atoms with Crippen molar-refractivity contribution in [1.82, 2.24) is 19.9 Å². The van der Waals surface area contributed by atoms with Crippen LogP contribution in [0.5, 0.6) is 0 Å². The summed E-state index contributed by atoms with van der Waals surface area (Å²) in [5.74, 6) is 4.27. The second-order valence-corrected chi connectivity index (χ2v) is 9.39. The highest BCUT2D eigenvalue weighted by molar-refractivity contribution is 6.29. The number of halogens is 1. The fraction of sp³-hybridized carbons (Fsp3) is 0.500. The molecule has 2 heterocycles. The van der Waals surface area contributed by atoms with E-state index in [9.17, 15) is 19.8 Å². The minimum atomic E-state index is -1.26. The molecular weight excluding hydrogens is 444 g/mol. The van der Waals surface area contributed by atoms with Crippen molar-refractivity contribution >= 4 is 23.5 Å². The summed E-state index contributed by atoms with van der Waals surface area (Å²) in [4.78, 5) is 32.9. The number of aliphatic hydroxyl groups is 1. The first kappa shape index (κ1) is 24.7. The maximum Gasteiger partial charge on any atom is 0.306 e. The van der Waals surface area contributed by atoms with Crippen molar-refractivity contribution in [2.75, 3.05) is 6.54 Å². The van der Waals surface area contributed by atoms with Gasteiger partial charge >= 0.3 is 5.97 Å². The number of carbonyl (C=O) groups is 2. The maximum absolute atomic E-state index is 13.2. The molecule has 2 aromatic rings. The van der Waals surface area contributed by atoms with Crippen LogP contribution < -0.4 is 5.32 Å². The number of imidazole rings is 1. The molecule has 9 heteroatoms. The van der Waals surface area contributed by atoms with E-state index in [0.29, 0.717) is 19.4 Å². The Morgan fingerprint density at radius 2 is 1.97 bits per heavy atom. The van der Waals surface area contributed by atoms with Gasteiger partial charge in [-0.15, -0.1) is 0 Å². The van der Waals surface area contributed by atoms with Crippen molar-refractivity contribution < 1.29 is 19.8 Å². The monoisotopic (exact) mass is 472 g/mol. The predicted molar refractivity (Wildman–Crippen MR) is 124 cm³/mol. The Morgan fingerprint density at radius 3 is 2.55 bits per heavy atom. The van der Waals surface area contributed by atoms with Crippen LogP contribution in [0.15, 0.2) is 18.3 Å². The van der Waals surface area contributed by atoms with Gasteiger partial charge in [-0.2, -0.15) is 0 Å². The van der Waals surface area contributed by atoms with Crippen LogP contribution in [-0.4, -0.2) is 48.8 Å². The Bertz CT molecular complexity index is 1070. The van der Waals surface area contributed by atoms with Gasteiger partial charge < -0.3 is 20.1 Å². The van der Waals surface area contributed by atoms with E-state index in [2.05, 4.69) is 27.1 Å². The second-order valence-electron chi connectivity index (χ2n) is 9.05. The van der Waals surface area contributed by atoms with Crippen LogP contribution in [0, 0.1) is 30.6 Å². The molecule has 0 aromatic carbocycles. The Kier molecular flexibility index (Phi) is 7.77. The van der Waals surface area contributed by atoms with Gasteiger partial charge in [0.05, 0.1) is 12.5 Å². The first-order chi connectivity index (χ1) is 15.5. The van der Waals surface area contributed by atoms with E-state index in [4.69, 9.17) is 11.6 Å². The fourth-order valence-corrected chi connectivity index (χ4v) is 4.04. The Hall–Kier alpha value is -2.89. The van der Waals surface area contributed by atoms with Crippen LogP contribution in [0.3, 0.4) is 0 Å². The van der Waals surface area contributed by atoms with E-state index in [-0.39, 0.29) is 41.0 Å². The number of carboxylic acids is 1. The van der Waals surface area contributed by atoms with Crippen LogP contribution in [0.1, 0.15) is 67.0 Å². The molecule has 0 radical (unpaired) electrons. The van der Waals surface area contributed by atoms with Crippen LogP contribution in [0.2, 0.25) is 5.28 Å². The average molecular weight is 473 g/mol. The molecule has 1 amide bonds. The summed E-state index contributed by atoms with van der Waals surface area (Å²) in [6.45, 7) is 5.70. The van der Waals surface area contributed by atoms with Crippen molar-refractivity contribution in [2.45, 2.75) is 58.6 Å². The van der Waals surface area contributed by atoms with E-state index in [1.165, 1.54) is 0 Å². The molecule has 2 aromatic heterocycles. The number of hydrogen-bond acceptors (Lipinski definition) is 5. The number of carbonyl (C=O) groups excluding carboxylic acids is 1. The molecule has 0 bridgehead atoms. The highest BCUT2D eigenvalue weighted by Gasteiger charge is 2.27. The summed E-state index contributed by atoms with van der Waals surface area (Å²) in [5, 5.41) is 22.2. The van der Waals surface area contributed by atoms with Gasteiger partial charge in [0.25, 0.3) is 5.91 Å². The third kappa shape index (κ3) is 6.80. The Balaban J connectivity index is 1.82. The number of rotatable bonds is 6. The van der Waals surface area contributed by atoms with E-state index >= 15 is 0 Å². The fourth-order valence-electron chi connectivity index (χ4n) is 3.81. The van der Waals surface area contributed by atoms with Gasteiger partial charge in [-0.3, -0.25) is 14.6 Å². The van der Waals surface area contributed by atoms with Crippen LogP contribution >= 0.6 is 11.6 Å². The molecular formula is C24H29ClN4O4. The third-order valence-electron chi connectivity index (χ3n) is 5.68. The van der Waals surface area contributed by atoms with Gasteiger partial charge in [-0.25, -0.2) is 4.98 Å². The lowest BCUT2D eigenvalue weighted by Gasteiger charge is -2.26. The van der Waals surface area contributed by atoms with Crippen molar-refractivity contribution in [2.24, 2.45) is 11.8 Å². The van der Waals surface area contributed by atoms with Crippen LogP contribution in [-0.2, 0) is 11.3 Å². The Morgan fingerprint density at radius 1 is 1.27 bits per heavy atom. The van der Waals surface area contributed by atoms with E-state index in [1.54, 1.807) is 24.6 Å². The van der Waals surface area contributed by atoms with E-state index in [1.807, 2.05) is 19.1 Å². The standard InChI is InChI=1S/C24H29ClN4O4/c1-15-4-5-17(13-26-15)14-29-20(19(28-23(29)25)10-11-24(2,3)33)21(30)27-12-16-6-8-18(9-7-16)22(31)32/h4-5,13,16,18,33H,6-9,12,14H2,1-3H3,(H,27,30)(H,31,32)/t16-,18-. The molecule has 33 heavy (non-hydrogen) atoms. The molecule has 0 unspecified atom stereocenters. The summed E-state index contributed by atoms with van der Waals surface area (Å²) in [5.41, 5.74) is 0.879. The lowest BCUT2D eigenvalue weighted by Crippen LogP contribution is -2.34. The number of hydrogen-bond donors (Lipinski definition) is 3. The minimum absolute atomic E-state index is 0.114. The van der Waals surface area contributed by atoms with Gasteiger partial charge in [-0.05, 0) is 81.5 Å². The molecule has 1 fully saturated rings. The summed E-state index contributed by atoms with van der Waals surface area (Å²) >= 11 is 6.39. The SMILES string of the molecule is Cc1ccc(Cn2c(Cl)nc(C#CC(C)(C)O)c2C(=O)NC[C@H]2CC[C@H](C(=O)O)CC2)cn1. The molecule has 0 saturated heterocycles. The first-order valence-electron chi connectivity index (χ1n) is 11.0. The zero-order chi connectivity index (χ0) is 24.2. The van der Waals surface area contributed by atoms with Gasteiger partial charge in [0.2, 0.25) is 5.28 Å². The highest BCUT2D eigenvalue weighted by Crippen LogP contribution is 2.28. The number of carboxylic acid groups (broad SMARTS) is 1. The van der Waals surface area contributed by atoms with E-state index in [0.717, 1.165) is 24.1 Å². The summed E-state index contributed by atoms with van der Waals surface area (Å²) in [6.07, 6.45) is 4.44. The molecule has 3 rings (SSSR count). The van der Waals surface area contributed by atoms with Crippen molar-refractivity contribution in [3.63, 3.8) is 0 Å². The second kappa shape index (κ2) is 10.4. The molecule has 176 valence electrons. The number of nitrogens with one attached hydrogen (secondary N) is 1. The predicted octanol–water partition coefficient (Wildman–Crippen LogP) is 3.03. The number of nitrogens with zero attached hydrogens (tertiary/aromatic N) is 3. The number of pyridine rings is 1. The van der Waals surface area contributed by atoms with Gasteiger partial charge in [0.15, 0.2) is 0 Å². The minimum Gasteiger partial charge on any atom is -0.481 e. The number of aliphatic carboxylic acids is 1. The molecule has 1 saturated carbocycles. The lowest BCUT2D eigenvalue weighted by molar-refractivity contribution is -0.143. The molecule has 1 aliphatic carbocycles. The average Bonchev–Trinajstić information content (AvgIpc) is 3.07. The molecule has 8 nitrogen and oxygen atoms in total. The number of aryl methyl sites for hydroxylation is 1. The summed E-state index contributed by atoms with van der Waals surface area (Å²) in [7, 11) is 0. The van der Waals surface area contributed by atoms with Crippen LogP contribution in [0.4, 0.5) is 0 Å². The highest BCUT2D eigenvalue weighted by atomic mass is 35.5. The smallest absolute Gasteiger partial charge is 0.306 e. The van der Waals surface area contributed by atoms with Crippen molar-refractivity contribution in [3.8, 4) is 11.8 Å². The first-order valence-corrected chi connectivity index (χ1v) is 11.4. The van der Waals surface area contributed by atoms with Crippen LogP contribution in [0.25, 0.3) is 0 Å². The molecule has 0 aliphatic heterocycles.